The summed E-state index contributed by atoms with van der Waals surface area (Å²) in [5, 5.41) is 9.42. The molecule has 0 aliphatic heterocycles. The summed E-state index contributed by atoms with van der Waals surface area (Å²) in [4.78, 5) is 18.4. The number of aliphatic imine (C=N–C) groups is 1. The number of carbonyl (C=O) groups excluding carboxylic acids is 1. The Morgan fingerprint density at radius 1 is 1.10 bits per heavy atom. The van der Waals surface area contributed by atoms with E-state index < -0.39 is 0 Å². The Morgan fingerprint density at radius 3 is 2.33 bits per heavy atom. The minimum Gasteiger partial charge on any atom is -0.357 e. The van der Waals surface area contributed by atoms with Crippen LogP contribution in [0.3, 0.4) is 0 Å². The summed E-state index contributed by atoms with van der Waals surface area (Å²) in [5.41, 5.74) is 0. The summed E-state index contributed by atoms with van der Waals surface area (Å²) >= 11 is 0. The molecule has 0 heterocycles. The van der Waals surface area contributed by atoms with Gasteiger partial charge in [0.1, 0.15) is 0 Å². The van der Waals surface area contributed by atoms with Crippen LogP contribution in [0, 0.1) is 5.92 Å². The Balaban J connectivity index is 2.19. The molecule has 122 valence electrons. The molecule has 21 heavy (non-hydrogen) atoms. The second-order valence-electron chi connectivity index (χ2n) is 5.28. The fourth-order valence-corrected chi connectivity index (χ4v) is 2.04. The molecule has 0 aromatic rings. The van der Waals surface area contributed by atoms with Crippen molar-refractivity contribution in [3.8, 4) is 0 Å². The molecule has 6 heteroatoms. The molecular weight excluding hydrogens is 266 g/mol. The van der Waals surface area contributed by atoms with Gasteiger partial charge in [0, 0.05) is 32.1 Å². The van der Waals surface area contributed by atoms with Gasteiger partial charge < -0.3 is 20.9 Å². The van der Waals surface area contributed by atoms with E-state index in [9.17, 15) is 4.79 Å². The fourth-order valence-electron chi connectivity index (χ4n) is 2.04. The summed E-state index contributed by atoms with van der Waals surface area (Å²) in [7, 11) is 0. The number of nitrogens with zero attached hydrogens (tertiary/aromatic N) is 2. The lowest BCUT2D eigenvalue weighted by Crippen LogP contribution is -2.42. The van der Waals surface area contributed by atoms with Crippen LogP contribution in [0.1, 0.15) is 33.6 Å². The molecule has 0 saturated heterocycles. The van der Waals surface area contributed by atoms with Gasteiger partial charge in [0.15, 0.2) is 5.96 Å². The quantitative estimate of drug-likeness (QED) is 0.310. The van der Waals surface area contributed by atoms with E-state index in [1.165, 1.54) is 0 Å². The van der Waals surface area contributed by atoms with Crippen LogP contribution in [0.15, 0.2) is 4.99 Å². The third kappa shape index (κ3) is 7.90. The number of amides is 1. The number of guanidine groups is 1. The van der Waals surface area contributed by atoms with Gasteiger partial charge in [-0.3, -0.25) is 9.79 Å². The number of carbonyl (C=O) groups is 1. The smallest absolute Gasteiger partial charge is 0.223 e. The minimum atomic E-state index is 0.195. The normalized spacial score (nSPS) is 15.1. The van der Waals surface area contributed by atoms with Gasteiger partial charge in [-0.25, -0.2) is 0 Å². The molecular formula is C15H31N5O. The average molecular weight is 297 g/mol. The van der Waals surface area contributed by atoms with Gasteiger partial charge in [-0.15, -0.1) is 0 Å². The molecule has 1 fully saturated rings. The van der Waals surface area contributed by atoms with Crippen molar-refractivity contribution < 1.29 is 4.79 Å². The van der Waals surface area contributed by atoms with E-state index in [-0.39, 0.29) is 11.8 Å². The lowest BCUT2D eigenvalue weighted by Gasteiger charge is -2.17. The van der Waals surface area contributed by atoms with Crippen LogP contribution in [-0.2, 0) is 4.79 Å². The van der Waals surface area contributed by atoms with E-state index in [2.05, 4.69) is 46.6 Å². The Kier molecular flexibility index (Phi) is 8.82. The predicted molar refractivity (Wildman–Crippen MR) is 87.5 cm³/mol. The van der Waals surface area contributed by atoms with Crippen LogP contribution in [0.4, 0.5) is 0 Å². The van der Waals surface area contributed by atoms with Crippen molar-refractivity contribution in [1.29, 1.82) is 0 Å². The second-order valence-corrected chi connectivity index (χ2v) is 5.28. The highest BCUT2D eigenvalue weighted by atomic mass is 16.2. The van der Waals surface area contributed by atoms with Crippen molar-refractivity contribution in [3.63, 3.8) is 0 Å². The van der Waals surface area contributed by atoms with E-state index in [0.717, 1.165) is 51.5 Å². The molecule has 0 spiro atoms. The minimum absolute atomic E-state index is 0.195. The summed E-state index contributed by atoms with van der Waals surface area (Å²) in [6, 6.07) is 0. The molecule has 1 rings (SSSR count). The first-order chi connectivity index (χ1) is 10.2. The van der Waals surface area contributed by atoms with E-state index in [0.29, 0.717) is 13.1 Å². The maximum absolute atomic E-state index is 11.5. The molecule has 3 N–H and O–H groups in total. The lowest BCUT2D eigenvalue weighted by molar-refractivity contribution is -0.122. The number of hydrogen-bond donors (Lipinski definition) is 3. The van der Waals surface area contributed by atoms with Crippen LogP contribution < -0.4 is 16.0 Å². The van der Waals surface area contributed by atoms with Crippen molar-refractivity contribution in [1.82, 2.24) is 20.9 Å². The highest BCUT2D eigenvalue weighted by Crippen LogP contribution is 2.28. The molecule has 6 nitrogen and oxygen atoms in total. The van der Waals surface area contributed by atoms with Crippen LogP contribution in [0.25, 0.3) is 0 Å². The maximum atomic E-state index is 11.5. The maximum Gasteiger partial charge on any atom is 0.223 e. The zero-order chi connectivity index (χ0) is 15.5. The molecule has 0 bridgehead atoms. The zero-order valence-corrected chi connectivity index (χ0v) is 13.7. The highest BCUT2D eigenvalue weighted by molar-refractivity contribution is 5.81. The zero-order valence-electron chi connectivity index (χ0n) is 13.7. The first-order valence-corrected chi connectivity index (χ1v) is 8.23. The third-order valence-electron chi connectivity index (χ3n) is 3.59. The molecule has 0 radical (unpaired) electrons. The first-order valence-electron chi connectivity index (χ1n) is 8.23. The molecule has 1 aliphatic carbocycles. The van der Waals surface area contributed by atoms with Crippen LogP contribution in [0.5, 0.6) is 0 Å². The van der Waals surface area contributed by atoms with Gasteiger partial charge in [-0.05, 0) is 32.9 Å². The Bertz CT molecular complexity index is 324. The highest BCUT2D eigenvalue weighted by Gasteiger charge is 2.28. The van der Waals surface area contributed by atoms with Crippen LogP contribution in [-0.4, -0.2) is 62.6 Å². The van der Waals surface area contributed by atoms with Crippen molar-refractivity contribution >= 4 is 11.9 Å². The van der Waals surface area contributed by atoms with E-state index in [4.69, 9.17) is 0 Å². The van der Waals surface area contributed by atoms with Crippen molar-refractivity contribution in [2.75, 3.05) is 45.8 Å². The monoisotopic (exact) mass is 297 g/mol. The lowest BCUT2D eigenvalue weighted by atomic mass is 10.4. The fraction of sp³-hybridized carbons (Fsp3) is 0.867. The number of hydrogen-bond acceptors (Lipinski definition) is 3. The molecule has 1 amide bonds. The Hall–Kier alpha value is -1.30. The van der Waals surface area contributed by atoms with Crippen LogP contribution in [0.2, 0.25) is 0 Å². The average Bonchev–Trinajstić information content (AvgIpc) is 3.32. The third-order valence-corrected chi connectivity index (χ3v) is 3.59. The van der Waals surface area contributed by atoms with Crippen molar-refractivity contribution in [2.45, 2.75) is 33.6 Å². The second kappa shape index (κ2) is 10.4. The van der Waals surface area contributed by atoms with E-state index >= 15 is 0 Å². The first kappa shape index (κ1) is 17.8. The van der Waals surface area contributed by atoms with Crippen LogP contribution >= 0.6 is 0 Å². The molecule has 1 saturated carbocycles. The Morgan fingerprint density at radius 2 is 1.76 bits per heavy atom. The standard InChI is InChI=1S/C15H31N5O/c1-4-16-15(19-11-12-20(5-2)6-3)18-10-9-17-14(21)13-7-8-13/h13H,4-12H2,1-3H3,(H,17,21)(H2,16,18,19). The summed E-state index contributed by atoms with van der Waals surface area (Å²) < 4.78 is 0. The molecule has 0 atom stereocenters. The topological polar surface area (TPSA) is 68.8 Å². The molecule has 0 aromatic carbocycles. The number of nitrogens with one attached hydrogen (secondary N) is 3. The Labute approximate surface area is 128 Å². The largest absolute Gasteiger partial charge is 0.357 e. The summed E-state index contributed by atoms with van der Waals surface area (Å²) in [6.45, 7) is 12.4. The van der Waals surface area contributed by atoms with Gasteiger partial charge in [0.2, 0.25) is 5.91 Å². The number of likely N-dealkylation sites (N-methyl/N-ethyl adjacent to an activating group) is 1. The predicted octanol–water partition coefficient (Wildman–Crippen LogP) is 0.410. The molecule has 1 aliphatic rings. The van der Waals surface area contributed by atoms with Crippen molar-refractivity contribution in [3.05, 3.63) is 0 Å². The summed E-state index contributed by atoms with van der Waals surface area (Å²) in [6.07, 6.45) is 2.10. The SMILES string of the molecule is CCNC(=NCCN(CC)CC)NCCNC(=O)C1CC1. The summed E-state index contributed by atoms with van der Waals surface area (Å²) in [5.74, 6) is 1.30. The molecule has 0 unspecified atom stereocenters. The van der Waals surface area contributed by atoms with E-state index in [1.807, 2.05) is 0 Å². The number of rotatable bonds is 10. The van der Waals surface area contributed by atoms with Crippen molar-refractivity contribution in [2.24, 2.45) is 10.9 Å². The molecule has 0 aromatic heterocycles. The van der Waals surface area contributed by atoms with Gasteiger partial charge in [0.25, 0.3) is 0 Å². The van der Waals surface area contributed by atoms with E-state index in [1.54, 1.807) is 0 Å². The van der Waals surface area contributed by atoms with Gasteiger partial charge >= 0.3 is 0 Å². The van der Waals surface area contributed by atoms with Gasteiger partial charge in [-0.1, -0.05) is 13.8 Å². The van der Waals surface area contributed by atoms with Gasteiger partial charge in [-0.2, -0.15) is 0 Å². The van der Waals surface area contributed by atoms with Gasteiger partial charge in [0.05, 0.1) is 6.54 Å².